The van der Waals surface area contributed by atoms with E-state index >= 15 is 0 Å². The number of nitrogens with two attached hydrogens (primary N) is 2. The molecule has 0 bridgehead atoms. The van der Waals surface area contributed by atoms with Crippen molar-refractivity contribution in [1.82, 2.24) is 0 Å². The van der Waals surface area contributed by atoms with E-state index in [1.165, 1.54) is 11.8 Å². The van der Waals surface area contributed by atoms with Gasteiger partial charge in [-0.1, -0.05) is 0 Å². The molecule has 0 saturated heterocycles. The first kappa shape index (κ1) is 22.0. The van der Waals surface area contributed by atoms with Crippen molar-refractivity contribution in [2.24, 2.45) is 11.5 Å². The Balaban J connectivity index is 1.62. The minimum Gasteiger partial charge on any atom is -0.366 e. The SMILES string of the molecule is NC(=O)c1ccc(NC(=O)CCSCCC(=O)Nc2ccc(C(N)=O)cc2)cc1. The fourth-order valence-electron chi connectivity index (χ4n) is 2.31. The van der Waals surface area contributed by atoms with E-state index in [1.807, 2.05) is 0 Å². The number of rotatable bonds is 10. The Labute approximate surface area is 172 Å². The number of amides is 4. The molecule has 0 spiro atoms. The predicted octanol–water partition coefficient (Wildman–Crippen LogP) is 1.97. The fourth-order valence-corrected chi connectivity index (χ4v) is 3.18. The highest BCUT2D eigenvalue weighted by atomic mass is 32.2. The first-order chi connectivity index (χ1) is 13.8. The number of anilines is 2. The average molecular weight is 414 g/mol. The smallest absolute Gasteiger partial charge is 0.248 e. The Morgan fingerprint density at radius 2 is 1.00 bits per heavy atom. The zero-order valence-corrected chi connectivity index (χ0v) is 16.5. The van der Waals surface area contributed by atoms with Crippen LogP contribution < -0.4 is 22.1 Å². The van der Waals surface area contributed by atoms with Gasteiger partial charge in [-0.05, 0) is 48.5 Å². The molecular formula is C20H22N4O4S. The van der Waals surface area contributed by atoms with Gasteiger partial charge in [0.2, 0.25) is 23.6 Å². The summed E-state index contributed by atoms with van der Waals surface area (Å²) in [6.45, 7) is 0. The number of hydrogen-bond acceptors (Lipinski definition) is 5. The Bertz CT molecular complexity index is 809. The van der Waals surface area contributed by atoms with Crippen LogP contribution in [0.25, 0.3) is 0 Å². The van der Waals surface area contributed by atoms with Crippen molar-refractivity contribution in [3.63, 3.8) is 0 Å². The molecule has 0 aliphatic rings. The Kier molecular flexibility index (Phi) is 8.23. The number of hydrogen-bond donors (Lipinski definition) is 4. The summed E-state index contributed by atoms with van der Waals surface area (Å²) in [5.41, 5.74) is 12.3. The van der Waals surface area contributed by atoms with Crippen LogP contribution in [-0.4, -0.2) is 35.1 Å². The first-order valence-corrected chi connectivity index (χ1v) is 9.98. The summed E-state index contributed by atoms with van der Waals surface area (Å²) in [5, 5.41) is 5.47. The summed E-state index contributed by atoms with van der Waals surface area (Å²) in [4.78, 5) is 45.9. The molecule has 9 heteroatoms. The van der Waals surface area contributed by atoms with Crippen molar-refractivity contribution in [2.45, 2.75) is 12.8 Å². The molecule has 8 nitrogen and oxygen atoms in total. The Hall–Kier alpha value is -3.33. The lowest BCUT2D eigenvalue weighted by Gasteiger charge is -2.07. The van der Waals surface area contributed by atoms with Gasteiger partial charge in [0.15, 0.2) is 0 Å². The highest BCUT2D eigenvalue weighted by Crippen LogP contribution is 2.12. The van der Waals surface area contributed by atoms with Gasteiger partial charge in [-0.2, -0.15) is 11.8 Å². The molecule has 0 aliphatic carbocycles. The third-order valence-corrected chi connectivity index (χ3v) is 4.84. The van der Waals surface area contributed by atoms with Gasteiger partial charge in [0.05, 0.1) is 0 Å². The molecule has 0 unspecified atom stereocenters. The normalized spacial score (nSPS) is 10.2. The molecule has 0 aliphatic heterocycles. The van der Waals surface area contributed by atoms with Crippen molar-refractivity contribution in [1.29, 1.82) is 0 Å². The zero-order valence-electron chi connectivity index (χ0n) is 15.6. The van der Waals surface area contributed by atoms with Crippen LogP contribution in [0.2, 0.25) is 0 Å². The quantitative estimate of drug-likeness (QED) is 0.439. The molecule has 2 rings (SSSR count). The number of benzene rings is 2. The summed E-state index contributed by atoms with van der Waals surface area (Å²) >= 11 is 1.50. The zero-order chi connectivity index (χ0) is 21.2. The minimum absolute atomic E-state index is 0.150. The molecular weight excluding hydrogens is 392 g/mol. The molecule has 4 amide bonds. The van der Waals surface area contributed by atoms with Gasteiger partial charge in [-0.25, -0.2) is 0 Å². The minimum atomic E-state index is -0.522. The van der Waals surface area contributed by atoms with E-state index < -0.39 is 11.8 Å². The lowest BCUT2D eigenvalue weighted by atomic mass is 10.2. The maximum atomic E-state index is 11.9. The number of nitrogens with one attached hydrogen (secondary N) is 2. The van der Waals surface area contributed by atoms with Crippen LogP contribution in [0.15, 0.2) is 48.5 Å². The molecule has 6 N–H and O–H groups in total. The standard InChI is InChI=1S/C20H22N4O4S/c21-19(27)13-1-5-15(6-2-13)23-17(25)9-11-29-12-10-18(26)24-16-7-3-14(4-8-16)20(22)28/h1-8H,9-12H2,(H2,21,27)(H2,22,28)(H,23,25)(H,24,26). The van der Waals surface area contributed by atoms with Crippen LogP contribution >= 0.6 is 11.8 Å². The number of thioether (sulfide) groups is 1. The largest absolute Gasteiger partial charge is 0.366 e. The van der Waals surface area contributed by atoms with Crippen LogP contribution in [0.5, 0.6) is 0 Å². The van der Waals surface area contributed by atoms with Crippen molar-refractivity contribution >= 4 is 46.8 Å². The van der Waals surface area contributed by atoms with Gasteiger partial charge in [0.1, 0.15) is 0 Å². The van der Waals surface area contributed by atoms with Crippen molar-refractivity contribution < 1.29 is 19.2 Å². The second-order valence-corrected chi connectivity index (χ2v) is 7.32. The fraction of sp³-hybridized carbons (Fsp3) is 0.200. The van der Waals surface area contributed by atoms with Crippen LogP contribution in [0.4, 0.5) is 11.4 Å². The monoisotopic (exact) mass is 414 g/mol. The maximum Gasteiger partial charge on any atom is 0.248 e. The van der Waals surface area contributed by atoms with E-state index in [-0.39, 0.29) is 11.8 Å². The van der Waals surface area contributed by atoms with Crippen molar-refractivity contribution in [3.05, 3.63) is 59.7 Å². The van der Waals surface area contributed by atoms with Gasteiger partial charge >= 0.3 is 0 Å². The van der Waals surface area contributed by atoms with Gasteiger partial charge in [-0.3, -0.25) is 19.2 Å². The molecule has 0 atom stereocenters. The van der Waals surface area contributed by atoms with Crippen molar-refractivity contribution in [2.75, 3.05) is 22.1 Å². The van der Waals surface area contributed by atoms with Crippen molar-refractivity contribution in [3.8, 4) is 0 Å². The molecule has 2 aromatic rings. The van der Waals surface area contributed by atoms with E-state index in [9.17, 15) is 19.2 Å². The predicted molar refractivity (Wildman–Crippen MR) is 114 cm³/mol. The highest BCUT2D eigenvalue weighted by molar-refractivity contribution is 7.99. The van der Waals surface area contributed by atoms with E-state index in [0.29, 0.717) is 46.8 Å². The van der Waals surface area contributed by atoms with E-state index in [1.54, 1.807) is 48.5 Å². The van der Waals surface area contributed by atoms with Crippen LogP contribution in [-0.2, 0) is 9.59 Å². The second kappa shape index (κ2) is 10.9. The van der Waals surface area contributed by atoms with Crippen LogP contribution in [0.3, 0.4) is 0 Å². The average Bonchev–Trinajstić information content (AvgIpc) is 2.68. The van der Waals surface area contributed by atoms with Gasteiger partial charge in [0, 0.05) is 46.8 Å². The summed E-state index contributed by atoms with van der Waals surface area (Å²) in [5.74, 6) is -0.193. The van der Waals surface area contributed by atoms with E-state index in [4.69, 9.17) is 11.5 Å². The number of carbonyl (C=O) groups excluding carboxylic acids is 4. The topological polar surface area (TPSA) is 144 Å². The maximum absolute atomic E-state index is 11.9. The van der Waals surface area contributed by atoms with Gasteiger partial charge in [0.25, 0.3) is 0 Å². The first-order valence-electron chi connectivity index (χ1n) is 8.82. The molecule has 0 radical (unpaired) electrons. The summed E-state index contributed by atoms with van der Waals surface area (Å²) in [7, 11) is 0. The molecule has 0 fully saturated rings. The van der Waals surface area contributed by atoms with Gasteiger partial charge < -0.3 is 22.1 Å². The highest BCUT2D eigenvalue weighted by Gasteiger charge is 2.07. The van der Waals surface area contributed by atoms with E-state index in [2.05, 4.69) is 10.6 Å². The summed E-state index contributed by atoms with van der Waals surface area (Å²) < 4.78 is 0. The number of primary amides is 2. The van der Waals surface area contributed by atoms with E-state index in [0.717, 1.165) is 0 Å². The third kappa shape index (κ3) is 7.67. The Morgan fingerprint density at radius 3 is 1.31 bits per heavy atom. The molecule has 0 aromatic heterocycles. The Morgan fingerprint density at radius 1 is 0.655 bits per heavy atom. The van der Waals surface area contributed by atoms with Crippen LogP contribution in [0.1, 0.15) is 33.6 Å². The molecule has 152 valence electrons. The third-order valence-electron chi connectivity index (χ3n) is 3.85. The lowest BCUT2D eigenvalue weighted by molar-refractivity contribution is -0.116. The summed E-state index contributed by atoms with van der Waals surface area (Å²) in [6.07, 6.45) is 0.608. The summed E-state index contributed by atoms with van der Waals surface area (Å²) in [6, 6.07) is 12.7. The number of carbonyl (C=O) groups is 4. The molecule has 0 saturated carbocycles. The molecule has 0 heterocycles. The second-order valence-electron chi connectivity index (χ2n) is 6.09. The van der Waals surface area contributed by atoms with Gasteiger partial charge in [-0.15, -0.1) is 0 Å². The molecule has 29 heavy (non-hydrogen) atoms. The lowest BCUT2D eigenvalue weighted by Crippen LogP contribution is -2.15. The van der Waals surface area contributed by atoms with Crippen LogP contribution in [0, 0.1) is 0 Å². The molecule has 2 aromatic carbocycles.